The monoisotopic (exact) mass is 561 g/mol. The predicted octanol–water partition coefficient (Wildman–Crippen LogP) is 5.31. The van der Waals surface area contributed by atoms with Gasteiger partial charge < -0.3 is 14.6 Å². The quantitative estimate of drug-likeness (QED) is 0.440. The van der Waals surface area contributed by atoms with Crippen LogP contribution in [0, 0.1) is 11.3 Å². The molecule has 0 aliphatic carbocycles. The van der Waals surface area contributed by atoms with Gasteiger partial charge in [-0.3, -0.25) is 9.69 Å². The number of hydrogen-bond donors (Lipinski definition) is 1. The van der Waals surface area contributed by atoms with Crippen LogP contribution in [0.25, 0.3) is 0 Å². The van der Waals surface area contributed by atoms with Crippen LogP contribution in [0.1, 0.15) is 22.9 Å². The van der Waals surface area contributed by atoms with Crippen LogP contribution < -0.4 is 9.64 Å². The minimum absolute atomic E-state index is 0. The number of ether oxygens (including phenoxy) is 1. The predicted molar refractivity (Wildman–Crippen MR) is 133 cm³/mol. The van der Waals surface area contributed by atoms with Crippen LogP contribution in [0.5, 0.6) is 5.75 Å². The summed E-state index contributed by atoms with van der Waals surface area (Å²) in [6, 6.07) is 12.5. The number of nitrogens with zero attached hydrogens (tertiary/aromatic N) is 4. The average Bonchev–Trinajstić information content (AvgIpc) is 3.31. The van der Waals surface area contributed by atoms with Gasteiger partial charge in [-0.05, 0) is 42.3 Å². The summed E-state index contributed by atoms with van der Waals surface area (Å²) < 4.78 is 42.5. The van der Waals surface area contributed by atoms with Crippen LogP contribution in [0.3, 0.4) is 0 Å². The van der Waals surface area contributed by atoms with Crippen molar-refractivity contribution >= 4 is 48.0 Å². The van der Waals surface area contributed by atoms with Gasteiger partial charge in [0.2, 0.25) is 5.91 Å². The maximum absolute atomic E-state index is 13.0. The number of imidazole rings is 1. The number of halogens is 6. The highest BCUT2D eigenvalue weighted by atomic mass is 35.5. The highest BCUT2D eigenvalue weighted by Gasteiger charge is 2.34. The zero-order chi connectivity index (χ0) is 24.3. The number of benzene rings is 2. The summed E-state index contributed by atoms with van der Waals surface area (Å²) in [5.41, 5.74) is 1.72. The zero-order valence-corrected chi connectivity index (χ0v) is 20.9. The van der Waals surface area contributed by atoms with Gasteiger partial charge in [0.05, 0.1) is 30.2 Å². The fourth-order valence-corrected chi connectivity index (χ4v) is 4.16. The third-order valence-corrected chi connectivity index (χ3v) is 5.75. The first-order chi connectivity index (χ1) is 16.2. The average molecular weight is 563 g/mol. The van der Waals surface area contributed by atoms with Crippen molar-refractivity contribution in [3.05, 3.63) is 76.8 Å². The molecule has 36 heavy (non-hydrogen) atoms. The van der Waals surface area contributed by atoms with E-state index < -0.39 is 12.1 Å². The molecule has 7 nitrogen and oxygen atoms in total. The van der Waals surface area contributed by atoms with Gasteiger partial charge in [-0.2, -0.15) is 5.26 Å². The number of alkyl halides is 3. The molecule has 1 aliphatic rings. The lowest BCUT2D eigenvalue weighted by molar-refractivity contribution is -0.274. The molecule has 2 aromatic carbocycles. The SMILES string of the molecule is Cl.Cl.N#Cc1ccc(CC(c2cnc[nH]2)N2CCN(c3cccc(Cl)c3)C(=O)C2)cc1OC(F)(F)F. The Labute approximate surface area is 222 Å². The number of aromatic nitrogens is 2. The number of H-pyrrole nitrogens is 1. The molecule has 1 N–H and O–H groups in total. The minimum atomic E-state index is -4.92. The van der Waals surface area contributed by atoms with E-state index in [1.54, 1.807) is 41.4 Å². The molecule has 0 radical (unpaired) electrons. The van der Waals surface area contributed by atoms with Gasteiger partial charge in [-0.1, -0.05) is 23.7 Å². The number of rotatable bonds is 6. The van der Waals surface area contributed by atoms with Crippen LogP contribution in [0.2, 0.25) is 5.02 Å². The number of nitriles is 1. The van der Waals surface area contributed by atoms with Crippen molar-refractivity contribution in [3.63, 3.8) is 0 Å². The van der Waals surface area contributed by atoms with Gasteiger partial charge >= 0.3 is 6.36 Å². The maximum Gasteiger partial charge on any atom is 0.573 e. The lowest BCUT2D eigenvalue weighted by atomic mass is 9.99. The van der Waals surface area contributed by atoms with Gasteiger partial charge in [-0.15, -0.1) is 38.0 Å². The first kappa shape index (κ1) is 29.3. The van der Waals surface area contributed by atoms with Gasteiger partial charge in [0.25, 0.3) is 0 Å². The maximum atomic E-state index is 13.0. The molecule has 192 valence electrons. The number of carbonyl (C=O) groups excluding carboxylic acids is 1. The van der Waals surface area contributed by atoms with Crippen LogP contribution >= 0.6 is 36.4 Å². The molecule has 4 rings (SSSR count). The molecule has 1 atom stereocenters. The molecule has 0 saturated carbocycles. The first-order valence-corrected chi connectivity index (χ1v) is 10.7. The first-order valence-electron chi connectivity index (χ1n) is 10.3. The van der Waals surface area contributed by atoms with Crippen molar-refractivity contribution in [2.24, 2.45) is 0 Å². The number of hydrogen-bond acceptors (Lipinski definition) is 5. The van der Waals surface area contributed by atoms with Gasteiger partial charge in [0, 0.05) is 30.0 Å². The molecule has 3 aromatic rings. The van der Waals surface area contributed by atoms with Crippen LogP contribution in [-0.2, 0) is 11.2 Å². The molecule has 1 amide bonds. The van der Waals surface area contributed by atoms with Crippen LogP contribution in [0.4, 0.5) is 18.9 Å². The van der Waals surface area contributed by atoms with Gasteiger partial charge in [0.15, 0.2) is 0 Å². The summed E-state index contributed by atoms with van der Waals surface area (Å²) >= 11 is 6.06. The molecule has 1 aliphatic heterocycles. The standard InChI is InChI=1S/C23H19ClF3N5O2.2ClH/c24-17-2-1-3-18(10-17)32-7-6-31(13-22(32)33)20(19-12-29-14-30-19)8-15-4-5-16(11-28)21(9-15)34-23(25,26)27;;/h1-5,9-10,12,14,20H,6-8,13H2,(H,29,30);2*1H. The number of amides is 1. The molecule has 0 spiro atoms. The highest BCUT2D eigenvalue weighted by Crippen LogP contribution is 2.31. The fourth-order valence-electron chi connectivity index (χ4n) is 3.98. The smallest absolute Gasteiger partial charge is 0.404 e. The second-order valence-electron chi connectivity index (χ2n) is 7.71. The lowest BCUT2D eigenvalue weighted by Gasteiger charge is -2.38. The summed E-state index contributed by atoms with van der Waals surface area (Å²) in [7, 11) is 0. The molecule has 1 saturated heterocycles. The molecule has 1 aromatic heterocycles. The lowest BCUT2D eigenvalue weighted by Crippen LogP contribution is -2.51. The summed E-state index contributed by atoms with van der Waals surface area (Å²) in [4.78, 5) is 23.7. The molecular formula is C23H21Cl3F3N5O2. The number of carbonyl (C=O) groups is 1. The van der Waals surface area contributed by atoms with E-state index in [1.807, 2.05) is 11.0 Å². The summed E-state index contributed by atoms with van der Waals surface area (Å²) in [6.07, 6.45) is -1.53. The third-order valence-electron chi connectivity index (χ3n) is 5.51. The Kier molecular flexibility index (Phi) is 10.0. The second kappa shape index (κ2) is 12.3. The molecular weight excluding hydrogens is 542 g/mol. The number of nitrogens with one attached hydrogen (secondary N) is 1. The highest BCUT2D eigenvalue weighted by molar-refractivity contribution is 6.30. The van der Waals surface area contributed by atoms with Crippen molar-refractivity contribution in [2.45, 2.75) is 18.8 Å². The minimum Gasteiger partial charge on any atom is -0.404 e. The van der Waals surface area contributed by atoms with Crippen molar-refractivity contribution < 1.29 is 22.7 Å². The summed E-state index contributed by atoms with van der Waals surface area (Å²) in [6.45, 7) is 1.03. The van der Waals surface area contributed by atoms with E-state index in [-0.39, 0.29) is 55.3 Å². The Morgan fingerprint density at radius 1 is 1.19 bits per heavy atom. The molecule has 1 unspecified atom stereocenters. The topological polar surface area (TPSA) is 85.3 Å². The third kappa shape index (κ3) is 7.04. The van der Waals surface area contributed by atoms with Gasteiger partial charge in [-0.25, -0.2) is 4.98 Å². The Morgan fingerprint density at radius 2 is 1.97 bits per heavy atom. The second-order valence-corrected chi connectivity index (χ2v) is 8.15. The van der Waals surface area contributed by atoms with Crippen molar-refractivity contribution in [1.29, 1.82) is 5.26 Å². The summed E-state index contributed by atoms with van der Waals surface area (Å²) in [5.74, 6) is -0.684. The van der Waals surface area contributed by atoms with E-state index in [9.17, 15) is 18.0 Å². The summed E-state index contributed by atoms with van der Waals surface area (Å²) in [5, 5.41) is 9.67. The number of anilines is 1. The number of aromatic amines is 1. The van der Waals surface area contributed by atoms with Gasteiger partial charge in [0.1, 0.15) is 11.8 Å². The van der Waals surface area contributed by atoms with Crippen molar-refractivity contribution in [1.82, 2.24) is 14.9 Å². The van der Waals surface area contributed by atoms with Crippen LogP contribution in [-0.4, -0.2) is 46.8 Å². The van der Waals surface area contributed by atoms with E-state index in [4.69, 9.17) is 16.9 Å². The Bertz CT molecular complexity index is 1220. The molecule has 2 heterocycles. The van der Waals surface area contributed by atoms with E-state index in [2.05, 4.69) is 14.7 Å². The molecule has 13 heteroatoms. The fraction of sp³-hybridized carbons (Fsp3) is 0.261. The van der Waals surface area contributed by atoms with Crippen molar-refractivity contribution in [2.75, 3.05) is 24.5 Å². The number of piperazine rings is 1. The largest absolute Gasteiger partial charge is 0.573 e. The molecule has 1 fully saturated rings. The Balaban J connectivity index is 0.00000228. The zero-order valence-electron chi connectivity index (χ0n) is 18.5. The normalized spacial score (nSPS) is 14.9. The van der Waals surface area contributed by atoms with E-state index >= 15 is 0 Å². The van der Waals surface area contributed by atoms with E-state index in [0.717, 1.165) is 0 Å². The van der Waals surface area contributed by atoms with E-state index in [1.165, 1.54) is 18.5 Å². The molecule has 0 bridgehead atoms. The van der Waals surface area contributed by atoms with E-state index in [0.29, 0.717) is 35.1 Å². The van der Waals surface area contributed by atoms with Crippen LogP contribution in [0.15, 0.2) is 55.0 Å². The Morgan fingerprint density at radius 3 is 2.58 bits per heavy atom. The Hall–Kier alpha value is -2.97. The van der Waals surface area contributed by atoms with Crippen molar-refractivity contribution in [3.8, 4) is 11.8 Å².